The summed E-state index contributed by atoms with van der Waals surface area (Å²) in [5.41, 5.74) is 3.71. The molecule has 0 bridgehead atoms. The maximum Gasteiger partial charge on any atom is 0.219 e. The molecule has 1 aromatic heterocycles. The van der Waals surface area contributed by atoms with Crippen LogP contribution < -0.4 is 10.6 Å². The molecule has 0 radical (unpaired) electrons. The van der Waals surface area contributed by atoms with E-state index in [4.69, 9.17) is 0 Å². The zero-order chi connectivity index (χ0) is 16.8. The molecule has 0 aliphatic carbocycles. The molecule has 0 spiro atoms. The van der Waals surface area contributed by atoms with E-state index >= 15 is 0 Å². The second-order valence-corrected chi connectivity index (χ2v) is 5.63. The largest absolute Gasteiger partial charge is 0.369 e. The molecule has 0 aliphatic heterocycles. The number of hydrogen-bond donors (Lipinski definition) is 2. The molecule has 5 nitrogen and oxygen atoms in total. The minimum atomic E-state index is 0.0532. The number of aryl methyl sites for hydroxylation is 2. The normalized spacial score (nSPS) is 10.3. The fourth-order valence-corrected chi connectivity index (χ4v) is 2.50. The van der Waals surface area contributed by atoms with Crippen LogP contribution in [0.25, 0.3) is 10.9 Å². The quantitative estimate of drug-likeness (QED) is 0.804. The Bertz CT molecular complexity index is 762. The van der Waals surface area contributed by atoms with Gasteiger partial charge in [-0.15, -0.1) is 0 Å². The van der Waals surface area contributed by atoms with E-state index in [-0.39, 0.29) is 5.91 Å². The lowest BCUT2D eigenvalue weighted by Crippen LogP contribution is -2.24. The molecule has 0 fully saturated rings. The third-order valence-corrected chi connectivity index (χ3v) is 3.70. The Kier molecular flexibility index (Phi) is 5.53. The summed E-state index contributed by atoms with van der Waals surface area (Å²) in [7, 11) is 0. The van der Waals surface area contributed by atoms with Crippen LogP contribution in [0.2, 0.25) is 0 Å². The van der Waals surface area contributed by atoms with Crippen LogP contribution in [0.15, 0.2) is 18.2 Å². The van der Waals surface area contributed by atoms with E-state index < -0.39 is 0 Å². The molecule has 1 heterocycles. The number of carbonyl (C=O) groups is 1. The Morgan fingerprint density at radius 2 is 2.04 bits per heavy atom. The standard InChI is InChI=1S/C18H22N4O/c1-4-17(23)20-6-5-7-21-18-14(11-19)10-15-13(3)8-12(2)9-16(15)22-18/h8-10H,4-7H2,1-3H3,(H,20,23)(H,21,22). The molecule has 2 N–H and O–H groups in total. The van der Waals surface area contributed by atoms with Crippen LogP contribution in [-0.2, 0) is 4.79 Å². The Balaban J connectivity index is 2.11. The van der Waals surface area contributed by atoms with E-state index in [1.165, 1.54) is 0 Å². The fraction of sp³-hybridized carbons (Fsp3) is 0.389. The molecule has 0 saturated heterocycles. The summed E-state index contributed by atoms with van der Waals surface area (Å²) in [6.45, 7) is 7.17. The van der Waals surface area contributed by atoms with Gasteiger partial charge < -0.3 is 10.6 Å². The number of carbonyl (C=O) groups excluding carboxylic acids is 1. The van der Waals surface area contributed by atoms with Gasteiger partial charge in [-0.25, -0.2) is 4.98 Å². The van der Waals surface area contributed by atoms with Crippen LogP contribution in [0.5, 0.6) is 0 Å². The maximum absolute atomic E-state index is 11.2. The van der Waals surface area contributed by atoms with Crippen LogP contribution in [0, 0.1) is 25.2 Å². The number of aromatic nitrogens is 1. The maximum atomic E-state index is 11.2. The monoisotopic (exact) mass is 310 g/mol. The number of nitriles is 1. The molecule has 23 heavy (non-hydrogen) atoms. The third kappa shape index (κ3) is 4.19. The fourth-order valence-electron chi connectivity index (χ4n) is 2.50. The van der Waals surface area contributed by atoms with Crippen molar-refractivity contribution in [1.82, 2.24) is 10.3 Å². The highest BCUT2D eigenvalue weighted by Gasteiger charge is 2.08. The molecule has 0 aliphatic rings. The predicted octanol–water partition coefficient (Wildman–Crippen LogP) is 3.05. The molecule has 2 aromatic rings. The molecule has 120 valence electrons. The zero-order valence-electron chi connectivity index (χ0n) is 13.9. The number of nitrogens with zero attached hydrogens (tertiary/aromatic N) is 2. The van der Waals surface area contributed by atoms with Crippen molar-refractivity contribution in [3.8, 4) is 6.07 Å². The van der Waals surface area contributed by atoms with Crippen molar-refractivity contribution >= 4 is 22.6 Å². The first kappa shape index (κ1) is 16.8. The lowest BCUT2D eigenvalue weighted by molar-refractivity contribution is -0.120. The summed E-state index contributed by atoms with van der Waals surface area (Å²) >= 11 is 0. The summed E-state index contributed by atoms with van der Waals surface area (Å²) in [5.74, 6) is 0.657. The minimum Gasteiger partial charge on any atom is -0.369 e. The number of anilines is 1. The van der Waals surface area contributed by atoms with Crippen LogP contribution in [0.4, 0.5) is 5.82 Å². The number of amides is 1. The van der Waals surface area contributed by atoms with E-state index in [1.54, 1.807) is 0 Å². The third-order valence-electron chi connectivity index (χ3n) is 3.70. The topological polar surface area (TPSA) is 77.8 Å². The molecule has 0 saturated carbocycles. The first-order valence-corrected chi connectivity index (χ1v) is 7.87. The summed E-state index contributed by atoms with van der Waals surface area (Å²) in [6, 6.07) is 8.21. The number of nitrogens with one attached hydrogen (secondary N) is 2. The Morgan fingerprint density at radius 1 is 1.26 bits per heavy atom. The smallest absolute Gasteiger partial charge is 0.219 e. The molecular weight excluding hydrogens is 288 g/mol. The van der Waals surface area contributed by atoms with Crippen LogP contribution >= 0.6 is 0 Å². The van der Waals surface area contributed by atoms with Crippen LogP contribution in [0.3, 0.4) is 0 Å². The molecule has 0 atom stereocenters. The first-order chi connectivity index (χ1) is 11.0. The predicted molar refractivity (Wildman–Crippen MR) is 92.3 cm³/mol. The van der Waals surface area contributed by atoms with Crippen molar-refractivity contribution in [3.63, 3.8) is 0 Å². The number of fused-ring (bicyclic) bond motifs is 1. The molecule has 2 rings (SSSR count). The van der Waals surface area contributed by atoms with E-state index in [2.05, 4.69) is 27.8 Å². The van der Waals surface area contributed by atoms with E-state index in [9.17, 15) is 10.1 Å². The van der Waals surface area contributed by atoms with Crippen molar-refractivity contribution in [2.75, 3.05) is 18.4 Å². The molecular formula is C18H22N4O. The minimum absolute atomic E-state index is 0.0532. The Morgan fingerprint density at radius 3 is 2.74 bits per heavy atom. The number of rotatable bonds is 6. The molecule has 5 heteroatoms. The molecule has 1 aromatic carbocycles. The van der Waals surface area contributed by atoms with Gasteiger partial charge in [0.2, 0.25) is 5.91 Å². The van der Waals surface area contributed by atoms with Gasteiger partial charge >= 0.3 is 0 Å². The SMILES string of the molecule is CCC(=O)NCCCNc1nc2cc(C)cc(C)c2cc1C#N. The second kappa shape index (κ2) is 7.59. The van der Waals surface area contributed by atoms with Gasteiger partial charge in [0.15, 0.2) is 0 Å². The average molecular weight is 310 g/mol. The van der Waals surface area contributed by atoms with E-state index in [1.807, 2.05) is 32.9 Å². The lowest BCUT2D eigenvalue weighted by atomic mass is 10.0. The van der Waals surface area contributed by atoms with Gasteiger partial charge in [0, 0.05) is 24.9 Å². The van der Waals surface area contributed by atoms with Crippen molar-refractivity contribution < 1.29 is 4.79 Å². The van der Waals surface area contributed by atoms with Crippen molar-refractivity contribution in [2.45, 2.75) is 33.6 Å². The van der Waals surface area contributed by atoms with E-state index in [0.717, 1.165) is 28.5 Å². The van der Waals surface area contributed by atoms with Crippen molar-refractivity contribution in [3.05, 3.63) is 34.9 Å². The summed E-state index contributed by atoms with van der Waals surface area (Å²) in [4.78, 5) is 15.8. The highest BCUT2D eigenvalue weighted by Crippen LogP contribution is 2.24. The Labute approximate surface area is 136 Å². The Hall–Kier alpha value is -2.61. The van der Waals surface area contributed by atoms with Crippen LogP contribution in [-0.4, -0.2) is 24.0 Å². The number of hydrogen-bond acceptors (Lipinski definition) is 4. The lowest BCUT2D eigenvalue weighted by Gasteiger charge is -2.11. The van der Waals surface area contributed by atoms with Gasteiger partial charge in [0.1, 0.15) is 11.9 Å². The number of pyridine rings is 1. The van der Waals surface area contributed by atoms with Crippen molar-refractivity contribution in [2.24, 2.45) is 0 Å². The summed E-state index contributed by atoms with van der Waals surface area (Å²) in [6.07, 6.45) is 1.28. The van der Waals surface area contributed by atoms with Gasteiger partial charge in [0.05, 0.1) is 11.1 Å². The zero-order valence-corrected chi connectivity index (χ0v) is 13.9. The van der Waals surface area contributed by atoms with Crippen LogP contribution in [0.1, 0.15) is 36.5 Å². The van der Waals surface area contributed by atoms with Gasteiger partial charge in [-0.1, -0.05) is 13.0 Å². The average Bonchev–Trinajstić information content (AvgIpc) is 2.53. The first-order valence-electron chi connectivity index (χ1n) is 7.87. The highest BCUT2D eigenvalue weighted by molar-refractivity contribution is 5.86. The molecule has 1 amide bonds. The molecule has 0 unspecified atom stereocenters. The number of benzene rings is 1. The summed E-state index contributed by atoms with van der Waals surface area (Å²) in [5, 5.41) is 16.4. The van der Waals surface area contributed by atoms with Crippen molar-refractivity contribution in [1.29, 1.82) is 5.26 Å². The van der Waals surface area contributed by atoms with Gasteiger partial charge in [-0.05, 0) is 43.5 Å². The second-order valence-electron chi connectivity index (χ2n) is 5.63. The van der Waals surface area contributed by atoms with Gasteiger partial charge in [-0.3, -0.25) is 4.79 Å². The highest BCUT2D eigenvalue weighted by atomic mass is 16.1. The van der Waals surface area contributed by atoms with Gasteiger partial charge in [0.25, 0.3) is 0 Å². The van der Waals surface area contributed by atoms with Gasteiger partial charge in [-0.2, -0.15) is 5.26 Å². The van der Waals surface area contributed by atoms with E-state index in [0.29, 0.717) is 30.9 Å². The summed E-state index contributed by atoms with van der Waals surface area (Å²) < 4.78 is 0.